The molecule has 0 spiro atoms. The van der Waals surface area contributed by atoms with Crippen LogP contribution in [0.3, 0.4) is 0 Å². The molecule has 2 aromatic rings. The molecule has 6 nitrogen and oxygen atoms in total. The van der Waals surface area contributed by atoms with Gasteiger partial charge in [-0.25, -0.2) is 9.37 Å². The van der Waals surface area contributed by atoms with Crippen LogP contribution in [0, 0.1) is 32.5 Å². The molecule has 1 unspecified atom stereocenters. The third kappa shape index (κ3) is 3.55. The maximum absolute atomic E-state index is 13.4. The molecule has 132 valence electrons. The minimum atomic E-state index is -0.449. The molecule has 0 saturated carbocycles. The first-order chi connectivity index (χ1) is 11.8. The highest BCUT2D eigenvalue weighted by atomic mass is 19.1. The molecule has 0 aliphatic carbocycles. The van der Waals surface area contributed by atoms with Gasteiger partial charge >= 0.3 is 0 Å². The van der Waals surface area contributed by atoms with Gasteiger partial charge in [0.05, 0.1) is 18.2 Å². The number of oxazole rings is 1. The van der Waals surface area contributed by atoms with Crippen molar-refractivity contribution in [2.24, 2.45) is 5.92 Å². The number of amides is 2. The molecule has 1 aromatic heterocycles. The van der Waals surface area contributed by atoms with Crippen molar-refractivity contribution < 1.29 is 18.4 Å². The molecule has 7 heteroatoms. The largest absolute Gasteiger partial charge is 0.444 e. The highest BCUT2D eigenvalue weighted by molar-refractivity contribution is 6.00. The second-order valence-corrected chi connectivity index (χ2v) is 6.31. The molecule has 2 amide bonds. The number of aromatic nitrogens is 1. The van der Waals surface area contributed by atoms with Crippen LogP contribution in [-0.2, 0) is 16.1 Å². The van der Waals surface area contributed by atoms with Crippen LogP contribution in [0.5, 0.6) is 0 Å². The van der Waals surface area contributed by atoms with Crippen LogP contribution in [-0.4, -0.2) is 23.3 Å². The fourth-order valence-corrected chi connectivity index (χ4v) is 2.85. The third-order valence-corrected chi connectivity index (χ3v) is 4.44. The van der Waals surface area contributed by atoms with Crippen LogP contribution in [0.2, 0.25) is 0 Å². The number of benzene rings is 1. The standard InChI is InChI=1S/C18H20FN3O3/c1-10-6-14(4-5-15(10)19)22-9-13(7-17(22)23)18(24)20-8-16-21-11(2)12(3)25-16/h4-6,13H,7-9H2,1-3H3,(H,20,24). The molecular formula is C18H20FN3O3. The van der Waals surface area contributed by atoms with E-state index < -0.39 is 5.92 Å². The van der Waals surface area contributed by atoms with E-state index in [1.165, 1.54) is 11.0 Å². The Morgan fingerprint density at radius 1 is 1.40 bits per heavy atom. The Balaban J connectivity index is 1.63. The Hall–Kier alpha value is -2.70. The number of nitrogens with one attached hydrogen (secondary N) is 1. The van der Waals surface area contributed by atoms with Gasteiger partial charge < -0.3 is 14.6 Å². The summed E-state index contributed by atoms with van der Waals surface area (Å²) in [6.45, 7) is 5.76. The number of aryl methyl sites for hydroxylation is 3. The van der Waals surface area contributed by atoms with Crippen molar-refractivity contribution in [2.45, 2.75) is 33.7 Å². The van der Waals surface area contributed by atoms with Gasteiger partial charge in [0.1, 0.15) is 11.6 Å². The van der Waals surface area contributed by atoms with E-state index in [1.54, 1.807) is 19.1 Å². The SMILES string of the molecule is Cc1cc(N2CC(C(=O)NCc3nc(C)c(C)o3)CC2=O)ccc1F. The number of carbonyl (C=O) groups is 2. The van der Waals surface area contributed by atoms with Gasteiger partial charge in [-0.05, 0) is 44.5 Å². The van der Waals surface area contributed by atoms with Gasteiger partial charge in [0.2, 0.25) is 17.7 Å². The van der Waals surface area contributed by atoms with Crippen LogP contribution in [0.15, 0.2) is 22.6 Å². The highest BCUT2D eigenvalue weighted by Gasteiger charge is 2.35. The van der Waals surface area contributed by atoms with Gasteiger partial charge in [0.25, 0.3) is 0 Å². The van der Waals surface area contributed by atoms with Crippen molar-refractivity contribution in [3.8, 4) is 0 Å². The van der Waals surface area contributed by atoms with E-state index in [0.29, 0.717) is 17.1 Å². The van der Waals surface area contributed by atoms with Crippen LogP contribution in [0.25, 0.3) is 0 Å². The third-order valence-electron chi connectivity index (χ3n) is 4.44. The number of hydrogen-bond donors (Lipinski definition) is 1. The molecule has 1 N–H and O–H groups in total. The summed E-state index contributed by atoms with van der Waals surface area (Å²) >= 11 is 0. The first kappa shape index (κ1) is 17.1. The van der Waals surface area contributed by atoms with E-state index in [4.69, 9.17) is 4.42 Å². The Morgan fingerprint density at radius 3 is 2.80 bits per heavy atom. The fourth-order valence-electron chi connectivity index (χ4n) is 2.85. The maximum Gasteiger partial charge on any atom is 0.227 e. The van der Waals surface area contributed by atoms with Crippen LogP contribution >= 0.6 is 0 Å². The average molecular weight is 345 g/mol. The molecule has 2 heterocycles. The normalized spacial score (nSPS) is 17.2. The fraction of sp³-hybridized carbons (Fsp3) is 0.389. The molecule has 3 rings (SSSR count). The Labute approximate surface area is 145 Å². The molecule has 1 fully saturated rings. The molecule has 1 atom stereocenters. The molecule has 0 radical (unpaired) electrons. The number of hydrogen-bond acceptors (Lipinski definition) is 4. The summed E-state index contributed by atoms with van der Waals surface area (Å²) in [4.78, 5) is 30.3. The molecule has 0 bridgehead atoms. The van der Waals surface area contributed by atoms with Crippen molar-refractivity contribution in [1.29, 1.82) is 0 Å². The van der Waals surface area contributed by atoms with Crippen LogP contribution in [0.1, 0.15) is 29.3 Å². The molecule has 1 aliphatic heterocycles. The average Bonchev–Trinajstić information content (AvgIpc) is 3.11. The van der Waals surface area contributed by atoms with Gasteiger partial charge in [0.15, 0.2) is 0 Å². The highest BCUT2D eigenvalue weighted by Crippen LogP contribution is 2.26. The van der Waals surface area contributed by atoms with Gasteiger partial charge in [-0.15, -0.1) is 0 Å². The summed E-state index contributed by atoms with van der Waals surface area (Å²) < 4.78 is 18.8. The number of rotatable bonds is 4. The lowest BCUT2D eigenvalue weighted by Crippen LogP contribution is -2.32. The van der Waals surface area contributed by atoms with Gasteiger partial charge in [-0.2, -0.15) is 0 Å². The van der Waals surface area contributed by atoms with E-state index in [1.807, 2.05) is 13.8 Å². The van der Waals surface area contributed by atoms with E-state index in [2.05, 4.69) is 10.3 Å². The quantitative estimate of drug-likeness (QED) is 0.923. The lowest BCUT2D eigenvalue weighted by Gasteiger charge is -2.17. The Kier molecular flexibility index (Phi) is 4.57. The van der Waals surface area contributed by atoms with Crippen molar-refractivity contribution in [2.75, 3.05) is 11.4 Å². The number of halogens is 1. The van der Waals surface area contributed by atoms with Gasteiger partial charge in [-0.3, -0.25) is 9.59 Å². The predicted molar refractivity (Wildman–Crippen MR) is 89.4 cm³/mol. The smallest absolute Gasteiger partial charge is 0.227 e. The maximum atomic E-state index is 13.4. The lowest BCUT2D eigenvalue weighted by atomic mass is 10.1. The minimum absolute atomic E-state index is 0.131. The minimum Gasteiger partial charge on any atom is -0.444 e. The van der Waals surface area contributed by atoms with Crippen LogP contribution in [0.4, 0.5) is 10.1 Å². The predicted octanol–water partition coefficient (Wildman–Crippen LogP) is 2.41. The van der Waals surface area contributed by atoms with E-state index >= 15 is 0 Å². The summed E-state index contributed by atoms with van der Waals surface area (Å²) in [7, 11) is 0. The number of nitrogens with zero attached hydrogens (tertiary/aromatic N) is 2. The molecule has 1 aliphatic rings. The second-order valence-electron chi connectivity index (χ2n) is 6.31. The van der Waals surface area contributed by atoms with Crippen LogP contribution < -0.4 is 10.2 Å². The molecule has 1 saturated heterocycles. The van der Waals surface area contributed by atoms with E-state index in [-0.39, 0.29) is 37.1 Å². The van der Waals surface area contributed by atoms with Crippen molar-refractivity contribution in [3.63, 3.8) is 0 Å². The second kappa shape index (κ2) is 6.66. The number of anilines is 1. The zero-order valence-corrected chi connectivity index (χ0v) is 14.4. The summed E-state index contributed by atoms with van der Waals surface area (Å²) in [5, 5.41) is 2.76. The summed E-state index contributed by atoms with van der Waals surface area (Å²) in [6, 6.07) is 4.50. The Morgan fingerprint density at radius 2 is 2.16 bits per heavy atom. The van der Waals surface area contributed by atoms with Gasteiger partial charge in [0, 0.05) is 18.7 Å². The number of carbonyl (C=O) groups excluding carboxylic acids is 2. The molecular weight excluding hydrogens is 325 g/mol. The van der Waals surface area contributed by atoms with Gasteiger partial charge in [-0.1, -0.05) is 0 Å². The topological polar surface area (TPSA) is 75.4 Å². The molecule has 1 aromatic carbocycles. The van der Waals surface area contributed by atoms with Crippen molar-refractivity contribution in [1.82, 2.24) is 10.3 Å². The van der Waals surface area contributed by atoms with E-state index in [0.717, 1.165) is 11.5 Å². The lowest BCUT2D eigenvalue weighted by molar-refractivity contribution is -0.126. The first-order valence-corrected chi connectivity index (χ1v) is 8.12. The summed E-state index contributed by atoms with van der Waals surface area (Å²) in [5.74, 6) is 0.0326. The zero-order valence-electron chi connectivity index (χ0n) is 14.4. The Bertz CT molecular complexity index is 811. The summed E-state index contributed by atoms with van der Waals surface area (Å²) in [6.07, 6.45) is 0.131. The first-order valence-electron chi connectivity index (χ1n) is 8.12. The van der Waals surface area contributed by atoms with E-state index in [9.17, 15) is 14.0 Å². The van der Waals surface area contributed by atoms with Crippen molar-refractivity contribution >= 4 is 17.5 Å². The monoisotopic (exact) mass is 345 g/mol. The van der Waals surface area contributed by atoms with Crippen molar-refractivity contribution in [3.05, 3.63) is 46.9 Å². The summed E-state index contributed by atoms with van der Waals surface area (Å²) in [5.41, 5.74) is 1.86. The zero-order chi connectivity index (χ0) is 18.1. The molecule has 25 heavy (non-hydrogen) atoms.